The Bertz CT molecular complexity index is 1090. The number of benzene rings is 2. The molecule has 162 valence electrons. The fourth-order valence-electron chi connectivity index (χ4n) is 2.73. The van der Waals surface area contributed by atoms with Crippen molar-refractivity contribution in [2.75, 3.05) is 5.01 Å². The number of hydrogen-bond donors (Lipinski definition) is 1. The highest BCUT2D eigenvalue weighted by Gasteiger charge is 2.39. The van der Waals surface area contributed by atoms with Crippen LogP contribution >= 0.6 is 11.6 Å². The molecule has 0 aliphatic heterocycles. The monoisotopic (exact) mass is 455 g/mol. The molecule has 0 bridgehead atoms. The minimum Gasteiger partial charge on any atom is -0.541 e. The van der Waals surface area contributed by atoms with E-state index in [2.05, 4.69) is 50.1 Å². The molecule has 3 aromatic rings. The Hall–Kier alpha value is -3.02. The van der Waals surface area contributed by atoms with Crippen LogP contribution in [0.1, 0.15) is 31.9 Å². The fraction of sp³-hybridized carbons (Fsp3) is 0.318. The van der Waals surface area contributed by atoms with Gasteiger partial charge in [-0.05, 0) is 60.1 Å². The van der Waals surface area contributed by atoms with Gasteiger partial charge in [-0.3, -0.25) is 5.01 Å². The molecule has 0 unspecified atom stereocenters. The number of halogens is 1. The van der Waals surface area contributed by atoms with Gasteiger partial charge in [0.25, 0.3) is 8.32 Å². The van der Waals surface area contributed by atoms with E-state index in [9.17, 15) is 5.11 Å². The fourth-order valence-corrected chi connectivity index (χ4v) is 3.98. The molecule has 0 saturated carbocycles. The van der Waals surface area contributed by atoms with Gasteiger partial charge < -0.3 is 9.53 Å². The summed E-state index contributed by atoms with van der Waals surface area (Å²) in [5, 5.41) is 29.6. The highest BCUT2D eigenvalue weighted by atomic mass is 35.5. The molecule has 0 saturated heterocycles. The SMILES string of the molecule is CC(C)(C)[Si](C)(C)Oc1cc(CN(c2ccc(C#N)cc2)n2cnnc2)cc(Cl)c1O. The van der Waals surface area contributed by atoms with E-state index >= 15 is 0 Å². The maximum atomic E-state index is 10.5. The van der Waals surface area contributed by atoms with Crippen molar-refractivity contribution < 1.29 is 9.53 Å². The van der Waals surface area contributed by atoms with Crippen LogP contribution in [0.4, 0.5) is 5.69 Å². The van der Waals surface area contributed by atoms with Crippen molar-refractivity contribution in [3.05, 3.63) is 65.2 Å². The number of nitriles is 1. The average Bonchev–Trinajstić information content (AvgIpc) is 3.23. The van der Waals surface area contributed by atoms with Crippen molar-refractivity contribution in [3.8, 4) is 17.6 Å². The molecule has 0 fully saturated rings. The van der Waals surface area contributed by atoms with E-state index in [1.807, 2.05) is 23.2 Å². The summed E-state index contributed by atoms with van der Waals surface area (Å²) in [4.78, 5) is 0. The minimum absolute atomic E-state index is 0.0288. The first-order valence-corrected chi connectivity index (χ1v) is 13.1. The van der Waals surface area contributed by atoms with Crippen LogP contribution in [0.5, 0.6) is 11.5 Å². The summed E-state index contributed by atoms with van der Waals surface area (Å²) in [6.07, 6.45) is 3.18. The number of aromatic nitrogens is 3. The highest BCUT2D eigenvalue weighted by Crippen LogP contribution is 2.42. The standard InChI is InChI=1S/C22H26ClN5O2Si/c1-22(2,3)31(4,5)30-20-11-17(10-19(23)21(20)29)13-28(27-14-25-26-15-27)18-8-6-16(12-24)7-9-18/h6-11,14-15,29H,13H2,1-5H3. The van der Waals surface area contributed by atoms with Gasteiger partial charge in [-0.15, -0.1) is 10.2 Å². The van der Waals surface area contributed by atoms with Crippen molar-refractivity contribution in [1.29, 1.82) is 5.26 Å². The molecule has 9 heteroatoms. The third-order valence-electron chi connectivity index (χ3n) is 5.57. The zero-order valence-corrected chi connectivity index (χ0v) is 20.1. The Balaban J connectivity index is 1.98. The van der Waals surface area contributed by atoms with E-state index < -0.39 is 8.32 Å². The van der Waals surface area contributed by atoms with E-state index in [1.165, 1.54) is 0 Å². The number of phenols is 1. The van der Waals surface area contributed by atoms with Crippen LogP contribution < -0.4 is 9.43 Å². The maximum absolute atomic E-state index is 10.5. The molecule has 1 N–H and O–H groups in total. The van der Waals surface area contributed by atoms with Crippen LogP contribution in [0.2, 0.25) is 23.2 Å². The van der Waals surface area contributed by atoms with Crippen molar-refractivity contribution in [3.63, 3.8) is 0 Å². The Morgan fingerprint density at radius 2 is 1.77 bits per heavy atom. The van der Waals surface area contributed by atoms with E-state index in [4.69, 9.17) is 21.3 Å². The molecule has 7 nitrogen and oxygen atoms in total. The molecule has 0 atom stereocenters. The number of nitrogens with zero attached hydrogens (tertiary/aromatic N) is 5. The van der Waals surface area contributed by atoms with Gasteiger partial charge in [0.1, 0.15) is 18.4 Å². The summed E-state index contributed by atoms with van der Waals surface area (Å²) < 4.78 is 8.09. The summed E-state index contributed by atoms with van der Waals surface area (Å²) in [7, 11) is -2.18. The average molecular weight is 456 g/mol. The molecule has 31 heavy (non-hydrogen) atoms. The van der Waals surface area contributed by atoms with Gasteiger partial charge >= 0.3 is 0 Å². The number of hydrogen-bond acceptors (Lipinski definition) is 6. The van der Waals surface area contributed by atoms with Crippen LogP contribution in [0.25, 0.3) is 0 Å². The van der Waals surface area contributed by atoms with Crippen molar-refractivity contribution in [2.24, 2.45) is 0 Å². The van der Waals surface area contributed by atoms with Crippen LogP contribution in [0.15, 0.2) is 49.1 Å². The molecular formula is C22H26ClN5O2Si. The summed E-state index contributed by atoms with van der Waals surface area (Å²) in [5.74, 6) is 0.335. The molecule has 0 amide bonds. The molecule has 2 aromatic carbocycles. The lowest BCUT2D eigenvalue weighted by Gasteiger charge is -2.36. The van der Waals surface area contributed by atoms with Gasteiger partial charge in [-0.2, -0.15) is 5.26 Å². The second-order valence-electron chi connectivity index (χ2n) is 8.84. The van der Waals surface area contributed by atoms with Crippen LogP contribution in [-0.4, -0.2) is 28.3 Å². The molecular weight excluding hydrogens is 430 g/mol. The minimum atomic E-state index is -2.18. The van der Waals surface area contributed by atoms with Gasteiger partial charge in [0.15, 0.2) is 5.75 Å². The van der Waals surface area contributed by atoms with Crippen molar-refractivity contribution in [1.82, 2.24) is 14.9 Å². The van der Waals surface area contributed by atoms with Crippen molar-refractivity contribution in [2.45, 2.75) is 45.4 Å². The molecule has 1 aromatic heterocycles. The number of anilines is 1. The third-order valence-corrected chi connectivity index (χ3v) is 10.2. The lowest BCUT2D eigenvalue weighted by molar-refractivity contribution is 0.421. The zero-order valence-electron chi connectivity index (χ0n) is 18.3. The molecule has 0 radical (unpaired) electrons. The van der Waals surface area contributed by atoms with E-state index in [-0.39, 0.29) is 15.8 Å². The first-order valence-electron chi connectivity index (χ1n) is 9.85. The predicted molar refractivity (Wildman–Crippen MR) is 124 cm³/mol. The highest BCUT2D eigenvalue weighted by molar-refractivity contribution is 6.74. The van der Waals surface area contributed by atoms with E-state index in [0.717, 1.165) is 11.3 Å². The number of phenolic OH excluding ortho intramolecular Hbond substituents is 1. The Morgan fingerprint density at radius 1 is 1.16 bits per heavy atom. The largest absolute Gasteiger partial charge is 0.541 e. The third kappa shape index (κ3) is 5.01. The van der Waals surface area contributed by atoms with E-state index in [0.29, 0.717) is 17.9 Å². The molecule has 0 spiro atoms. The second-order valence-corrected chi connectivity index (χ2v) is 14.0. The quantitative estimate of drug-likeness (QED) is 0.503. The molecule has 0 aliphatic carbocycles. The van der Waals surface area contributed by atoms with E-state index in [1.54, 1.807) is 35.5 Å². The smallest absolute Gasteiger partial charge is 0.250 e. The molecule has 3 rings (SSSR count). The molecule has 1 heterocycles. The Morgan fingerprint density at radius 3 is 2.32 bits per heavy atom. The Labute approximate surface area is 188 Å². The topological polar surface area (TPSA) is 87.2 Å². The summed E-state index contributed by atoms with van der Waals surface area (Å²) in [6, 6.07) is 12.9. The van der Waals surface area contributed by atoms with Gasteiger partial charge in [-0.1, -0.05) is 32.4 Å². The van der Waals surface area contributed by atoms with Gasteiger partial charge in [0.05, 0.1) is 28.9 Å². The predicted octanol–water partition coefficient (Wildman–Crippen LogP) is 5.36. The van der Waals surface area contributed by atoms with Gasteiger partial charge in [0.2, 0.25) is 0 Å². The first kappa shape index (κ1) is 22.7. The lowest BCUT2D eigenvalue weighted by Crippen LogP contribution is -2.43. The summed E-state index contributed by atoms with van der Waals surface area (Å²) in [5.41, 5.74) is 2.26. The van der Waals surface area contributed by atoms with Crippen LogP contribution in [0.3, 0.4) is 0 Å². The number of aromatic hydroxyl groups is 1. The van der Waals surface area contributed by atoms with Gasteiger partial charge in [-0.25, -0.2) is 4.68 Å². The normalized spacial score (nSPS) is 11.8. The maximum Gasteiger partial charge on any atom is 0.250 e. The summed E-state index contributed by atoms with van der Waals surface area (Å²) in [6.45, 7) is 11.1. The van der Waals surface area contributed by atoms with Gasteiger partial charge in [0, 0.05) is 0 Å². The molecule has 0 aliphatic rings. The first-order chi connectivity index (χ1) is 14.5. The number of rotatable bonds is 6. The van der Waals surface area contributed by atoms with Crippen molar-refractivity contribution >= 4 is 25.6 Å². The summed E-state index contributed by atoms with van der Waals surface area (Å²) >= 11 is 6.36. The van der Waals surface area contributed by atoms with Crippen LogP contribution in [-0.2, 0) is 6.54 Å². The second kappa shape index (κ2) is 8.61. The lowest BCUT2D eigenvalue weighted by atomic mass is 10.1. The zero-order chi connectivity index (χ0) is 22.8. The van der Waals surface area contributed by atoms with Crippen LogP contribution in [0, 0.1) is 11.3 Å². The Kier molecular flexibility index (Phi) is 6.29.